The Balaban J connectivity index is 1.70. The minimum absolute atomic E-state index is 0.354. The van der Waals surface area contributed by atoms with Crippen molar-refractivity contribution in [3.8, 4) is 11.1 Å². The van der Waals surface area contributed by atoms with Gasteiger partial charge >= 0.3 is 5.97 Å². The lowest BCUT2D eigenvalue weighted by Crippen LogP contribution is -2.41. The van der Waals surface area contributed by atoms with Gasteiger partial charge in [0.2, 0.25) is 0 Å². The molecule has 1 heterocycles. The van der Waals surface area contributed by atoms with Crippen LogP contribution >= 0.6 is 11.8 Å². The third-order valence-electron chi connectivity index (χ3n) is 6.45. The highest BCUT2D eigenvalue weighted by Crippen LogP contribution is 2.29. The van der Waals surface area contributed by atoms with Crippen molar-refractivity contribution in [3.63, 3.8) is 0 Å². The molecular weight excluding hydrogens is 508 g/mol. The number of rotatable bonds is 12. The predicted octanol–water partition coefficient (Wildman–Crippen LogP) is 5.59. The van der Waals surface area contributed by atoms with Crippen LogP contribution in [0.1, 0.15) is 33.5 Å². The topological polar surface area (TPSA) is 95.4 Å². The van der Waals surface area contributed by atoms with Gasteiger partial charge in [0.05, 0.1) is 0 Å². The fourth-order valence-corrected chi connectivity index (χ4v) is 4.89. The second-order valence-electron chi connectivity index (χ2n) is 9.26. The van der Waals surface area contributed by atoms with Crippen LogP contribution in [0.2, 0.25) is 0 Å². The Labute approximate surface area is 233 Å². The van der Waals surface area contributed by atoms with Crippen LogP contribution in [0, 0.1) is 6.92 Å². The monoisotopic (exact) mass is 540 g/mol. The molecule has 0 bridgehead atoms. The van der Waals surface area contributed by atoms with Crippen LogP contribution in [0.3, 0.4) is 0 Å². The molecule has 200 valence electrons. The number of benzene rings is 3. The molecule has 1 aromatic heterocycles. The van der Waals surface area contributed by atoms with Gasteiger partial charge in [0, 0.05) is 24.8 Å². The average Bonchev–Trinajstić information content (AvgIpc) is 2.96. The van der Waals surface area contributed by atoms with E-state index in [0.29, 0.717) is 30.8 Å². The van der Waals surface area contributed by atoms with Gasteiger partial charge in [-0.1, -0.05) is 60.7 Å². The zero-order valence-corrected chi connectivity index (χ0v) is 22.9. The first-order valence-corrected chi connectivity index (χ1v) is 14.1. The van der Waals surface area contributed by atoms with Crippen LogP contribution in [-0.2, 0) is 17.9 Å². The number of anilines is 1. The molecule has 4 aromatic rings. The fourth-order valence-electron chi connectivity index (χ4n) is 4.42. The molecule has 4 rings (SSSR count). The molecular formula is C31H32N4O3S. The van der Waals surface area contributed by atoms with Gasteiger partial charge in [-0.3, -0.25) is 4.79 Å². The molecule has 7 nitrogen and oxygen atoms in total. The second-order valence-corrected chi connectivity index (χ2v) is 10.2. The number of nitrogens with zero attached hydrogens (tertiary/aromatic N) is 3. The van der Waals surface area contributed by atoms with Crippen molar-refractivity contribution in [2.24, 2.45) is 0 Å². The van der Waals surface area contributed by atoms with Crippen LogP contribution in [0.4, 0.5) is 5.82 Å². The quantitative estimate of drug-likeness (QED) is 0.242. The van der Waals surface area contributed by atoms with Crippen molar-refractivity contribution in [2.45, 2.75) is 32.5 Å². The van der Waals surface area contributed by atoms with Gasteiger partial charge in [0.25, 0.3) is 5.91 Å². The molecule has 8 heteroatoms. The Morgan fingerprint density at radius 2 is 1.67 bits per heavy atom. The summed E-state index contributed by atoms with van der Waals surface area (Å²) < 4.78 is 0. The van der Waals surface area contributed by atoms with Crippen LogP contribution < -0.4 is 10.2 Å². The van der Waals surface area contributed by atoms with Gasteiger partial charge < -0.3 is 15.3 Å². The highest BCUT2D eigenvalue weighted by molar-refractivity contribution is 7.98. The average molecular weight is 541 g/mol. The van der Waals surface area contributed by atoms with Gasteiger partial charge in [-0.15, -0.1) is 5.10 Å². The normalized spacial score (nSPS) is 11.5. The number of carboxylic acids is 1. The number of aliphatic carboxylic acids is 1. The minimum atomic E-state index is -1.04. The molecule has 0 aliphatic rings. The first-order chi connectivity index (χ1) is 19.0. The van der Waals surface area contributed by atoms with Crippen molar-refractivity contribution in [3.05, 3.63) is 113 Å². The van der Waals surface area contributed by atoms with E-state index in [1.54, 1.807) is 24.0 Å². The van der Waals surface area contributed by atoms with Crippen LogP contribution in [-0.4, -0.2) is 45.2 Å². The zero-order chi connectivity index (χ0) is 27.6. The predicted molar refractivity (Wildman–Crippen MR) is 157 cm³/mol. The fraction of sp³-hybridized carbons (Fsp3) is 0.226. The van der Waals surface area contributed by atoms with Crippen molar-refractivity contribution < 1.29 is 14.7 Å². The SMILES string of the molecule is CSCCC(NC(=O)c1ccc(CN(Cc2ccccc2)c2cccnn2)cc1-c1ccccc1C)C(=O)O. The number of nitrogens with one attached hydrogen (secondary N) is 1. The maximum atomic E-state index is 13.4. The summed E-state index contributed by atoms with van der Waals surface area (Å²) in [6.07, 6.45) is 3.92. The number of amides is 1. The molecule has 39 heavy (non-hydrogen) atoms. The maximum Gasteiger partial charge on any atom is 0.326 e. The first kappa shape index (κ1) is 27.9. The van der Waals surface area contributed by atoms with E-state index in [0.717, 1.165) is 33.6 Å². The molecule has 3 aromatic carbocycles. The molecule has 0 radical (unpaired) electrons. The second kappa shape index (κ2) is 13.6. The lowest BCUT2D eigenvalue weighted by atomic mass is 9.93. The summed E-state index contributed by atoms with van der Waals surface area (Å²) in [6.45, 7) is 3.18. The lowest BCUT2D eigenvalue weighted by Gasteiger charge is -2.24. The standard InChI is InChI=1S/C31H32N4O3S/c1-22-9-6-7-12-25(22)27-19-24(14-15-26(27)30(36)33-28(31(37)38)16-18-39-2)21-35(29-13-8-17-32-34-29)20-23-10-4-3-5-11-23/h3-15,17,19,28H,16,18,20-21H2,1-2H3,(H,33,36)(H,37,38). The zero-order valence-electron chi connectivity index (χ0n) is 22.1. The largest absolute Gasteiger partial charge is 0.480 e. The van der Waals surface area contributed by atoms with E-state index in [1.165, 1.54) is 0 Å². The Kier molecular flexibility index (Phi) is 9.69. The van der Waals surface area contributed by atoms with Crippen LogP contribution in [0.15, 0.2) is 91.1 Å². The van der Waals surface area contributed by atoms with Crippen molar-refractivity contribution in [1.82, 2.24) is 15.5 Å². The van der Waals surface area contributed by atoms with E-state index in [9.17, 15) is 14.7 Å². The molecule has 1 amide bonds. The number of thioether (sulfide) groups is 1. The Bertz CT molecular complexity index is 1400. The van der Waals surface area contributed by atoms with E-state index in [2.05, 4.69) is 32.5 Å². The highest BCUT2D eigenvalue weighted by atomic mass is 32.2. The van der Waals surface area contributed by atoms with E-state index in [1.807, 2.05) is 79.9 Å². The lowest BCUT2D eigenvalue weighted by molar-refractivity contribution is -0.139. The summed E-state index contributed by atoms with van der Waals surface area (Å²) in [5.74, 6) is -0.0467. The maximum absolute atomic E-state index is 13.4. The molecule has 0 aliphatic heterocycles. The summed E-state index contributed by atoms with van der Waals surface area (Å²) in [7, 11) is 0. The molecule has 2 N–H and O–H groups in total. The summed E-state index contributed by atoms with van der Waals surface area (Å²) in [4.78, 5) is 27.4. The van der Waals surface area contributed by atoms with Gasteiger partial charge in [-0.25, -0.2) is 4.79 Å². The van der Waals surface area contributed by atoms with Crippen molar-refractivity contribution >= 4 is 29.5 Å². The van der Waals surface area contributed by atoms with E-state index in [4.69, 9.17) is 0 Å². The number of carbonyl (C=O) groups excluding carboxylic acids is 1. The Morgan fingerprint density at radius 3 is 2.36 bits per heavy atom. The minimum Gasteiger partial charge on any atom is -0.480 e. The van der Waals surface area contributed by atoms with Crippen molar-refractivity contribution in [1.29, 1.82) is 0 Å². The molecule has 0 aliphatic carbocycles. The number of aromatic nitrogens is 2. The smallest absolute Gasteiger partial charge is 0.326 e. The van der Waals surface area contributed by atoms with E-state index < -0.39 is 17.9 Å². The van der Waals surface area contributed by atoms with E-state index in [-0.39, 0.29) is 0 Å². The number of hydrogen-bond acceptors (Lipinski definition) is 6. The number of carboxylic acid groups (broad SMARTS) is 1. The van der Waals surface area contributed by atoms with Crippen LogP contribution in [0.25, 0.3) is 11.1 Å². The van der Waals surface area contributed by atoms with Gasteiger partial charge in [0.15, 0.2) is 5.82 Å². The number of aryl methyl sites for hydroxylation is 1. The summed E-state index contributed by atoms with van der Waals surface area (Å²) >= 11 is 1.55. The number of carbonyl (C=O) groups is 2. The summed E-state index contributed by atoms with van der Waals surface area (Å²) in [6, 6.07) is 26.6. The van der Waals surface area contributed by atoms with Crippen LogP contribution in [0.5, 0.6) is 0 Å². The molecule has 1 unspecified atom stereocenters. The molecule has 0 saturated heterocycles. The molecule has 1 atom stereocenters. The van der Waals surface area contributed by atoms with Gasteiger partial charge in [-0.05, 0) is 77.4 Å². The van der Waals surface area contributed by atoms with Gasteiger partial charge in [0.1, 0.15) is 6.04 Å². The third kappa shape index (κ3) is 7.45. The Morgan fingerprint density at radius 1 is 0.923 bits per heavy atom. The molecule has 0 saturated carbocycles. The first-order valence-electron chi connectivity index (χ1n) is 12.7. The van der Waals surface area contributed by atoms with Gasteiger partial charge in [-0.2, -0.15) is 16.9 Å². The summed E-state index contributed by atoms with van der Waals surface area (Å²) in [5, 5.41) is 20.8. The molecule has 0 fully saturated rings. The highest BCUT2D eigenvalue weighted by Gasteiger charge is 2.23. The van der Waals surface area contributed by atoms with E-state index >= 15 is 0 Å². The summed E-state index contributed by atoms with van der Waals surface area (Å²) in [5.41, 5.74) is 5.28. The number of hydrogen-bond donors (Lipinski definition) is 2. The Hall–Kier alpha value is -4.17. The molecule has 0 spiro atoms. The third-order valence-corrected chi connectivity index (χ3v) is 7.09. The van der Waals surface area contributed by atoms with Crippen molar-refractivity contribution in [2.75, 3.05) is 16.9 Å².